The summed E-state index contributed by atoms with van der Waals surface area (Å²) >= 11 is 0. The first-order valence-corrected chi connectivity index (χ1v) is 7.63. The molecule has 104 valence electrons. The highest BCUT2D eigenvalue weighted by Gasteiger charge is 2.30. The van der Waals surface area contributed by atoms with Gasteiger partial charge in [-0.2, -0.15) is 0 Å². The first-order valence-electron chi connectivity index (χ1n) is 7.63. The van der Waals surface area contributed by atoms with Gasteiger partial charge < -0.3 is 15.1 Å². The van der Waals surface area contributed by atoms with Crippen molar-refractivity contribution in [1.82, 2.24) is 5.32 Å². The fourth-order valence-electron chi connectivity index (χ4n) is 3.19. The van der Waals surface area contributed by atoms with E-state index in [-0.39, 0.29) is 11.9 Å². The Morgan fingerprint density at radius 2 is 1.72 bits per heavy atom. The Hall–Kier alpha value is -0.610. The van der Waals surface area contributed by atoms with E-state index in [9.17, 15) is 4.79 Å². The van der Waals surface area contributed by atoms with Gasteiger partial charge in [-0.15, -0.1) is 0 Å². The molecule has 0 aromatic carbocycles. The lowest BCUT2D eigenvalue weighted by molar-refractivity contribution is -1.01. The average molecular weight is 255 g/mol. The van der Waals surface area contributed by atoms with Crippen LogP contribution in [0, 0.1) is 0 Å². The van der Waals surface area contributed by atoms with Gasteiger partial charge in [-0.1, -0.05) is 19.3 Å². The zero-order chi connectivity index (χ0) is 13.0. The fraction of sp³-hybridized carbons (Fsp3) is 0.929. The molecular weight excluding hydrogens is 226 g/mol. The number of piperazine rings is 1. The minimum atomic E-state index is 0.125. The Bertz CT molecular complexity index is 268. The number of hydrogen-bond acceptors (Lipinski definition) is 1. The standard InChI is InChI=1S/C14H27N3O/c1-12(17-10-8-16(2)9-11-17)14(18)15-13-6-4-3-5-7-13/h12-13H,3-11H2,1-2H3,(H,15,18)/p+2/t12-/m0/s1. The zero-order valence-corrected chi connectivity index (χ0v) is 11.9. The lowest BCUT2D eigenvalue weighted by Crippen LogP contribution is -3.29. The second kappa shape index (κ2) is 6.53. The van der Waals surface area contributed by atoms with Crippen LogP contribution in [0.25, 0.3) is 0 Å². The molecule has 1 amide bonds. The molecule has 1 aliphatic carbocycles. The molecule has 2 rings (SSSR count). The van der Waals surface area contributed by atoms with E-state index in [2.05, 4.69) is 19.3 Å². The average Bonchev–Trinajstić information content (AvgIpc) is 2.40. The van der Waals surface area contributed by atoms with Crippen LogP contribution >= 0.6 is 0 Å². The molecule has 0 unspecified atom stereocenters. The van der Waals surface area contributed by atoms with Crippen molar-refractivity contribution >= 4 is 5.91 Å². The SMILES string of the molecule is C[C@@H](C(=O)NC1CCCCC1)[NH+]1CC[NH+](C)CC1. The Labute approximate surface area is 111 Å². The molecule has 0 radical (unpaired) electrons. The van der Waals surface area contributed by atoms with Crippen LogP contribution in [-0.2, 0) is 4.79 Å². The van der Waals surface area contributed by atoms with Crippen molar-refractivity contribution in [2.75, 3.05) is 33.2 Å². The maximum absolute atomic E-state index is 12.3. The third kappa shape index (κ3) is 3.69. The minimum Gasteiger partial charge on any atom is -0.348 e. The molecule has 3 N–H and O–H groups in total. The number of nitrogens with one attached hydrogen (secondary N) is 3. The lowest BCUT2D eigenvalue weighted by Gasteiger charge is -2.32. The number of carbonyl (C=O) groups is 1. The van der Waals surface area contributed by atoms with Crippen LogP contribution in [0.5, 0.6) is 0 Å². The summed E-state index contributed by atoms with van der Waals surface area (Å²) in [5.41, 5.74) is 0. The Morgan fingerprint density at radius 1 is 1.11 bits per heavy atom. The van der Waals surface area contributed by atoms with E-state index >= 15 is 0 Å². The van der Waals surface area contributed by atoms with Gasteiger partial charge in [0.25, 0.3) is 5.91 Å². The van der Waals surface area contributed by atoms with Gasteiger partial charge >= 0.3 is 0 Å². The van der Waals surface area contributed by atoms with E-state index in [1.165, 1.54) is 50.1 Å². The van der Waals surface area contributed by atoms with Crippen LogP contribution in [0.2, 0.25) is 0 Å². The number of quaternary nitrogens is 2. The summed E-state index contributed by atoms with van der Waals surface area (Å²) in [6.45, 7) is 6.73. The van der Waals surface area contributed by atoms with Gasteiger partial charge in [0.1, 0.15) is 26.2 Å². The summed E-state index contributed by atoms with van der Waals surface area (Å²) in [6.07, 6.45) is 6.27. The van der Waals surface area contributed by atoms with Crippen LogP contribution in [0.15, 0.2) is 0 Å². The first-order chi connectivity index (χ1) is 8.66. The monoisotopic (exact) mass is 255 g/mol. The summed E-state index contributed by atoms with van der Waals surface area (Å²) in [5.74, 6) is 0.274. The van der Waals surface area contributed by atoms with E-state index in [4.69, 9.17) is 0 Å². The van der Waals surface area contributed by atoms with Crippen molar-refractivity contribution in [2.45, 2.75) is 51.1 Å². The largest absolute Gasteiger partial charge is 0.348 e. The number of rotatable bonds is 3. The molecule has 0 aromatic heterocycles. The van der Waals surface area contributed by atoms with Crippen LogP contribution in [0.1, 0.15) is 39.0 Å². The maximum Gasteiger partial charge on any atom is 0.278 e. The predicted molar refractivity (Wildman–Crippen MR) is 71.8 cm³/mol. The van der Waals surface area contributed by atoms with Gasteiger partial charge in [-0.25, -0.2) is 0 Å². The molecule has 1 aliphatic heterocycles. The summed E-state index contributed by atoms with van der Waals surface area (Å²) in [6, 6.07) is 0.575. The highest BCUT2D eigenvalue weighted by Crippen LogP contribution is 2.17. The molecule has 2 aliphatic rings. The Balaban J connectivity index is 1.77. The molecule has 4 heteroatoms. The van der Waals surface area contributed by atoms with Crippen LogP contribution < -0.4 is 15.1 Å². The van der Waals surface area contributed by atoms with Gasteiger partial charge in [-0.05, 0) is 19.8 Å². The zero-order valence-electron chi connectivity index (χ0n) is 11.9. The summed E-state index contributed by atoms with van der Waals surface area (Å²) < 4.78 is 0. The van der Waals surface area contributed by atoms with Crippen molar-refractivity contribution in [3.05, 3.63) is 0 Å². The van der Waals surface area contributed by atoms with Crippen LogP contribution in [0.4, 0.5) is 0 Å². The molecule has 2 fully saturated rings. The molecule has 0 bridgehead atoms. The van der Waals surface area contributed by atoms with Gasteiger partial charge in [0.05, 0.1) is 7.05 Å². The highest BCUT2D eigenvalue weighted by molar-refractivity contribution is 5.80. The van der Waals surface area contributed by atoms with Gasteiger partial charge in [-0.3, -0.25) is 4.79 Å². The molecule has 1 saturated carbocycles. The highest BCUT2D eigenvalue weighted by atomic mass is 16.2. The molecule has 1 saturated heterocycles. The molecule has 1 atom stereocenters. The topological polar surface area (TPSA) is 38.0 Å². The predicted octanol–water partition coefficient (Wildman–Crippen LogP) is -1.76. The molecule has 0 spiro atoms. The van der Waals surface area contributed by atoms with E-state index < -0.39 is 0 Å². The van der Waals surface area contributed by atoms with Crippen LogP contribution in [0.3, 0.4) is 0 Å². The number of hydrogen-bond donors (Lipinski definition) is 3. The number of carbonyl (C=O) groups excluding carboxylic acids is 1. The summed E-state index contributed by atoms with van der Waals surface area (Å²) in [7, 11) is 2.24. The second-order valence-electron chi connectivity index (χ2n) is 6.18. The van der Waals surface area contributed by atoms with E-state index in [1.807, 2.05) is 0 Å². The molecule has 18 heavy (non-hydrogen) atoms. The van der Waals surface area contributed by atoms with E-state index in [1.54, 1.807) is 4.90 Å². The fourth-order valence-corrected chi connectivity index (χ4v) is 3.19. The molecular formula is C14H29N3O+2. The number of amides is 1. The summed E-state index contributed by atoms with van der Waals surface area (Å²) in [5, 5.41) is 3.26. The maximum atomic E-state index is 12.3. The van der Waals surface area contributed by atoms with Gasteiger partial charge in [0.15, 0.2) is 6.04 Å². The number of likely N-dealkylation sites (N-methyl/N-ethyl adjacent to an activating group) is 1. The van der Waals surface area contributed by atoms with E-state index in [0.717, 1.165) is 13.1 Å². The first kappa shape index (κ1) is 13.8. The van der Waals surface area contributed by atoms with Crippen molar-refractivity contribution in [3.63, 3.8) is 0 Å². The minimum absolute atomic E-state index is 0.125. The molecule has 4 nitrogen and oxygen atoms in total. The van der Waals surface area contributed by atoms with Gasteiger partial charge in [0.2, 0.25) is 0 Å². The van der Waals surface area contributed by atoms with E-state index in [0.29, 0.717) is 6.04 Å². The normalized spacial score (nSPS) is 31.9. The Morgan fingerprint density at radius 3 is 2.33 bits per heavy atom. The van der Waals surface area contributed by atoms with Crippen molar-refractivity contribution in [1.29, 1.82) is 0 Å². The van der Waals surface area contributed by atoms with Crippen LogP contribution in [-0.4, -0.2) is 51.2 Å². The molecule has 0 aromatic rings. The third-order valence-corrected chi connectivity index (χ3v) is 4.70. The second-order valence-corrected chi connectivity index (χ2v) is 6.18. The van der Waals surface area contributed by atoms with Crippen molar-refractivity contribution in [2.24, 2.45) is 0 Å². The van der Waals surface area contributed by atoms with Gasteiger partial charge in [0, 0.05) is 6.04 Å². The third-order valence-electron chi connectivity index (χ3n) is 4.70. The summed E-state index contributed by atoms with van der Waals surface area (Å²) in [4.78, 5) is 15.3. The Kier molecular flexibility index (Phi) is 5.01. The lowest BCUT2D eigenvalue weighted by atomic mass is 9.95. The molecule has 1 heterocycles. The smallest absolute Gasteiger partial charge is 0.278 e. The van der Waals surface area contributed by atoms with Crippen molar-refractivity contribution in [3.8, 4) is 0 Å². The van der Waals surface area contributed by atoms with Crippen molar-refractivity contribution < 1.29 is 14.6 Å². The quantitative estimate of drug-likeness (QED) is 0.549.